The SMILES string of the molecule is COc1cccc(-c2nn(CCC#N)c3c2CNCC3)c1. The summed E-state index contributed by atoms with van der Waals surface area (Å²) in [6.45, 7) is 2.44. The Bertz CT molecular complexity index is 684. The van der Waals surface area contributed by atoms with Crippen LogP contribution in [0.2, 0.25) is 0 Å². The van der Waals surface area contributed by atoms with Gasteiger partial charge >= 0.3 is 0 Å². The van der Waals surface area contributed by atoms with Gasteiger partial charge < -0.3 is 10.1 Å². The molecule has 1 aliphatic rings. The molecule has 5 nitrogen and oxygen atoms in total. The molecule has 0 saturated carbocycles. The Kier molecular flexibility index (Phi) is 3.89. The number of nitrogens with one attached hydrogen (secondary N) is 1. The van der Waals surface area contributed by atoms with E-state index >= 15 is 0 Å². The standard InChI is InChI=1S/C16H18N4O/c1-21-13-5-2-4-12(10-13)16-14-11-18-8-6-15(14)20(19-16)9-3-7-17/h2,4-5,10,18H,3,6,8-9,11H2,1H3. The molecule has 0 aliphatic carbocycles. The molecule has 2 heterocycles. The van der Waals surface area contributed by atoms with Crippen LogP contribution in [0.15, 0.2) is 24.3 Å². The number of hydrogen-bond acceptors (Lipinski definition) is 4. The van der Waals surface area contributed by atoms with Gasteiger partial charge in [0, 0.05) is 36.3 Å². The topological polar surface area (TPSA) is 62.9 Å². The van der Waals surface area contributed by atoms with E-state index in [0.717, 1.165) is 36.5 Å². The van der Waals surface area contributed by atoms with Crippen molar-refractivity contribution < 1.29 is 4.74 Å². The lowest BCUT2D eigenvalue weighted by molar-refractivity contribution is 0.415. The van der Waals surface area contributed by atoms with Crippen LogP contribution < -0.4 is 10.1 Å². The van der Waals surface area contributed by atoms with Crippen molar-refractivity contribution in [3.05, 3.63) is 35.5 Å². The number of methoxy groups -OCH3 is 1. The van der Waals surface area contributed by atoms with E-state index in [1.54, 1.807) is 7.11 Å². The van der Waals surface area contributed by atoms with E-state index in [2.05, 4.69) is 11.4 Å². The number of hydrogen-bond donors (Lipinski definition) is 1. The number of benzene rings is 1. The van der Waals surface area contributed by atoms with Crippen LogP contribution in [0, 0.1) is 11.3 Å². The normalized spacial score (nSPS) is 13.5. The van der Waals surface area contributed by atoms with Gasteiger partial charge in [0.05, 0.1) is 31.8 Å². The average Bonchev–Trinajstić information content (AvgIpc) is 2.92. The van der Waals surface area contributed by atoms with Crippen LogP contribution in [0.3, 0.4) is 0 Å². The summed E-state index contributed by atoms with van der Waals surface area (Å²) in [5.74, 6) is 0.830. The lowest BCUT2D eigenvalue weighted by atomic mass is 10.0. The molecule has 1 aromatic carbocycles. The van der Waals surface area contributed by atoms with E-state index in [0.29, 0.717) is 13.0 Å². The third-order valence-electron chi connectivity index (χ3n) is 3.79. The monoisotopic (exact) mass is 282 g/mol. The molecule has 0 fully saturated rings. The lowest BCUT2D eigenvalue weighted by Gasteiger charge is -2.15. The molecular formula is C16H18N4O. The second-order valence-corrected chi connectivity index (χ2v) is 5.06. The fraction of sp³-hybridized carbons (Fsp3) is 0.375. The first-order valence-electron chi connectivity index (χ1n) is 7.14. The van der Waals surface area contributed by atoms with Crippen molar-refractivity contribution in [2.24, 2.45) is 0 Å². The second kappa shape index (κ2) is 5.98. The minimum atomic E-state index is 0.485. The molecule has 0 atom stereocenters. The summed E-state index contributed by atoms with van der Waals surface area (Å²) in [5.41, 5.74) is 4.55. The molecule has 1 N–H and O–H groups in total. The number of ether oxygens (including phenoxy) is 1. The van der Waals surface area contributed by atoms with Crippen molar-refractivity contribution in [2.45, 2.75) is 25.9 Å². The predicted molar refractivity (Wildman–Crippen MR) is 79.9 cm³/mol. The van der Waals surface area contributed by atoms with Crippen molar-refractivity contribution in [2.75, 3.05) is 13.7 Å². The first-order chi connectivity index (χ1) is 10.3. The number of nitrogens with zero attached hydrogens (tertiary/aromatic N) is 3. The van der Waals surface area contributed by atoms with Gasteiger partial charge in [-0.15, -0.1) is 0 Å². The smallest absolute Gasteiger partial charge is 0.119 e. The summed E-state index contributed by atoms with van der Waals surface area (Å²) < 4.78 is 7.29. The maximum atomic E-state index is 8.80. The van der Waals surface area contributed by atoms with Gasteiger partial charge in [-0.3, -0.25) is 4.68 Å². The maximum Gasteiger partial charge on any atom is 0.119 e. The lowest BCUT2D eigenvalue weighted by Crippen LogP contribution is -2.25. The van der Waals surface area contributed by atoms with Gasteiger partial charge in [0.15, 0.2) is 0 Å². The quantitative estimate of drug-likeness (QED) is 0.933. The van der Waals surface area contributed by atoms with Crippen LogP contribution in [0.4, 0.5) is 0 Å². The third-order valence-corrected chi connectivity index (χ3v) is 3.79. The van der Waals surface area contributed by atoms with Crippen LogP contribution >= 0.6 is 0 Å². The first-order valence-corrected chi connectivity index (χ1v) is 7.14. The Morgan fingerprint density at radius 3 is 3.19 bits per heavy atom. The van der Waals surface area contributed by atoms with Crippen molar-refractivity contribution in [1.82, 2.24) is 15.1 Å². The molecule has 0 spiro atoms. The zero-order valence-electron chi connectivity index (χ0n) is 12.1. The highest BCUT2D eigenvalue weighted by Crippen LogP contribution is 2.29. The highest BCUT2D eigenvalue weighted by atomic mass is 16.5. The molecule has 1 aromatic heterocycles. The average molecular weight is 282 g/mol. The van der Waals surface area contributed by atoms with Gasteiger partial charge in [-0.1, -0.05) is 12.1 Å². The Morgan fingerprint density at radius 1 is 1.48 bits per heavy atom. The first kappa shape index (κ1) is 13.7. The highest BCUT2D eigenvalue weighted by molar-refractivity contribution is 5.66. The molecule has 3 rings (SSSR count). The largest absolute Gasteiger partial charge is 0.497 e. The molecule has 0 unspecified atom stereocenters. The molecule has 0 amide bonds. The fourth-order valence-corrected chi connectivity index (χ4v) is 2.76. The van der Waals surface area contributed by atoms with Gasteiger partial charge in [-0.05, 0) is 12.1 Å². The van der Waals surface area contributed by atoms with E-state index in [1.807, 2.05) is 28.9 Å². The Hall–Kier alpha value is -2.32. The van der Waals surface area contributed by atoms with Crippen LogP contribution in [-0.2, 0) is 19.5 Å². The maximum absolute atomic E-state index is 8.80. The van der Waals surface area contributed by atoms with Crippen LogP contribution in [0.5, 0.6) is 5.75 Å². The molecular weight excluding hydrogens is 264 g/mol. The summed E-state index contributed by atoms with van der Waals surface area (Å²) >= 11 is 0. The molecule has 0 saturated heterocycles. The van der Waals surface area contributed by atoms with Crippen LogP contribution in [-0.4, -0.2) is 23.4 Å². The van der Waals surface area contributed by atoms with Crippen molar-refractivity contribution in [3.8, 4) is 23.1 Å². The van der Waals surface area contributed by atoms with E-state index in [4.69, 9.17) is 15.1 Å². The summed E-state index contributed by atoms with van der Waals surface area (Å²) in [5, 5.41) is 16.9. The van der Waals surface area contributed by atoms with Gasteiger partial charge in [0.25, 0.3) is 0 Å². The van der Waals surface area contributed by atoms with Crippen molar-refractivity contribution in [3.63, 3.8) is 0 Å². The molecule has 2 aromatic rings. The number of aryl methyl sites for hydroxylation is 1. The van der Waals surface area contributed by atoms with E-state index in [-0.39, 0.29) is 0 Å². The molecule has 1 aliphatic heterocycles. The number of nitriles is 1. The van der Waals surface area contributed by atoms with Crippen molar-refractivity contribution in [1.29, 1.82) is 5.26 Å². The van der Waals surface area contributed by atoms with Gasteiger partial charge in [0.2, 0.25) is 0 Å². The Labute approximate surface area is 124 Å². The summed E-state index contributed by atoms with van der Waals surface area (Å²) in [7, 11) is 1.67. The van der Waals surface area contributed by atoms with E-state index in [9.17, 15) is 0 Å². The minimum absolute atomic E-state index is 0.485. The second-order valence-electron chi connectivity index (χ2n) is 5.06. The molecule has 5 heteroatoms. The predicted octanol–water partition coefficient (Wildman–Crippen LogP) is 2.12. The Balaban J connectivity index is 2.05. The number of fused-ring (bicyclic) bond motifs is 1. The summed E-state index contributed by atoms with van der Waals surface area (Å²) in [6, 6.07) is 10.2. The summed E-state index contributed by atoms with van der Waals surface area (Å²) in [6.07, 6.45) is 1.44. The third kappa shape index (κ3) is 2.63. The minimum Gasteiger partial charge on any atom is -0.497 e. The molecule has 0 radical (unpaired) electrons. The van der Waals surface area contributed by atoms with Crippen molar-refractivity contribution >= 4 is 0 Å². The van der Waals surface area contributed by atoms with Gasteiger partial charge in [-0.2, -0.15) is 10.4 Å². The summed E-state index contributed by atoms with van der Waals surface area (Å²) in [4.78, 5) is 0. The fourth-order valence-electron chi connectivity index (χ4n) is 2.76. The Morgan fingerprint density at radius 2 is 2.38 bits per heavy atom. The van der Waals surface area contributed by atoms with E-state index < -0.39 is 0 Å². The number of aromatic nitrogens is 2. The van der Waals surface area contributed by atoms with Gasteiger partial charge in [0.1, 0.15) is 5.75 Å². The van der Waals surface area contributed by atoms with Gasteiger partial charge in [-0.25, -0.2) is 0 Å². The molecule has 0 bridgehead atoms. The molecule has 21 heavy (non-hydrogen) atoms. The zero-order chi connectivity index (χ0) is 14.7. The highest BCUT2D eigenvalue weighted by Gasteiger charge is 2.21. The van der Waals surface area contributed by atoms with Crippen LogP contribution in [0.25, 0.3) is 11.3 Å². The number of rotatable bonds is 4. The van der Waals surface area contributed by atoms with E-state index in [1.165, 1.54) is 11.3 Å². The van der Waals surface area contributed by atoms with Crippen LogP contribution in [0.1, 0.15) is 17.7 Å². The zero-order valence-corrected chi connectivity index (χ0v) is 12.1. The molecule has 108 valence electrons.